The van der Waals surface area contributed by atoms with E-state index in [2.05, 4.69) is 4.72 Å². The molecule has 5 nitrogen and oxygen atoms in total. The molecule has 140 valence electrons. The molecule has 1 N–H and O–H groups in total. The first-order valence-electron chi connectivity index (χ1n) is 8.97. The molecule has 0 fully saturated rings. The molecule has 0 radical (unpaired) electrons. The number of nitrogens with one attached hydrogen (secondary N) is 1. The van der Waals surface area contributed by atoms with Gasteiger partial charge < -0.3 is 9.64 Å². The van der Waals surface area contributed by atoms with Gasteiger partial charge in [-0.1, -0.05) is 18.2 Å². The van der Waals surface area contributed by atoms with Gasteiger partial charge in [-0.15, -0.1) is 0 Å². The van der Waals surface area contributed by atoms with Gasteiger partial charge in [-0.2, -0.15) is 0 Å². The van der Waals surface area contributed by atoms with E-state index in [0.717, 1.165) is 36.9 Å². The second-order valence-electron chi connectivity index (χ2n) is 6.63. The molecule has 0 aliphatic heterocycles. The van der Waals surface area contributed by atoms with Crippen molar-refractivity contribution in [3.63, 3.8) is 0 Å². The fourth-order valence-corrected chi connectivity index (χ4v) is 4.57. The number of para-hydroxylation sites is 1. The number of benzene rings is 2. The standard InChI is InChI=1S/C20H26N2O3S/c1-22(18-10-4-3-5-11-18)13-12-21-26(23,24)20-15-17-9-7-6-8-16(17)14-19(20)25-2/h3-5,10-11,14-15,21H,6-9,12-13H2,1-2H3. The minimum Gasteiger partial charge on any atom is -0.495 e. The number of hydrogen-bond acceptors (Lipinski definition) is 4. The van der Waals surface area contributed by atoms with Gasteiger partial charge in [0.05, 0.1) is 7.11 Å². The largest absolute Gasteiger partial charge is 0.495 e. The molecule has 0 unspecified atom stereocenters. The minimum atomic E-state index is -3.62. The van der Waals surface area contributed by atoms with E-state index in [4.69, 9.17) is 4.74 Å². The first-order valence-corrected chi connectivity index (χ1v) is 10.5. The lowest BCUT2D eigenvalue weighted by molar-refractivity contribution is 0.401. The molecule has 0 heterocycles. The number of methoxy groups -OCH3 is 1. The Labute approximate surface area is 156 Å². The van der Waals surface area contributed by atoms with Crippen LogP contribution >= 0.6 is 0 Å². The highest BCUT2D eigenvalue weighted by atomic mass is 32.2. The summed E-state index contributed by atoms with van der Waals surface area (Å²) in [6.07, 6.45) is 4.17. The second kappa shape index (κ2) is 8.10. The Hall–Kier alpha value is -2.05. The van der Waals surface area contributed by atoms with Gasteiger partial charge in [0.25, 0.3) is 0 Å². The summed E-state index contributed by atoms with van der Waals surface area (Å²) < 4.78 is 33.7. The van der Waals surface area contributed by atoms with Crippen LogP contribution < -0.4 is 14.4 Å². The number of ether oxygens (including phenoxy) is 1. The smallest absolute Gasteiger partial charge is 0.244 e. The lowest BCUT2D eigenvalue weighted by Crippen LogP contribution is -2.33. The van der Waals surface area contributed by atoms with Crippen molar-refractivity contribution in [1.82, 2.24) is 4.72 Å². The summed E-state index contributed by atoms with van der Waals surface area (Å²) in [5, 5.41) is 0. The molecule has 1 aliphatic carbocycles. The van der Waals surface area contributed by atoms with Crippen molar-refractivity contribution in [3.8, 4) is 5.75 Å². The molecule has 2 aromatic rings. The third-order valence-corrected chi connectivity index (χ3v) is 6.34. The van der Waals surface area contributed by atoms with Gasteiger partial charge in [-0.3, -0.25) is 0 Å². The Morgan fingerprint density at radius 2 is 1.73 bits per heavy atom. The van der Waals surface area contributed by atoms with Crippen molar-refractivity contribution < 1.29 is 13.2 Å². The Morgan fingerprint density at radius 3 is 2.38 bits per heavy atom. The normalized spacial score (nSPS) is 13.9. The zero-order chi connectivity index (χ0) is 18.6. The van der Waals surface area contributed by atoms with Crippen molar-refractivity contribution in [1.29, 1.82) is 0 Å². The quantitative estimate of drug-likeness (QED) is 0.809. The summed E-state index contributed by atoms with van der Waals surface area (Å²) in [4.78, 5) is 2.26. The zero-order valence-electron chi connectivity index (χ0n) is 15.4. The third kappa shape index (κ3) is 4.19. The second-order valence-corrected chi connectivity index (χ2v) is 8.37. The van der Waals surface area contributed by atoms with E-state index in [0.29, 0.717) is 18.8 Å². The highest BCUT2D eigenvalue weighted by molar-refractivity contribution is 7.89. The molecule has 3 rings (SSSR count). The van der Waals surface area contributed by atoms with E-state index in [1.807, 2.05) is 48.3 Å². The van der Waals surface area contributed by atoms with Crippen LogP contribution in [0.2, 0.25) is 0 Å². The molecule has 6 heteroatoms. The van der Waals surface area contributed by atoms with E-state index in [1.165, 1.54) is 12.7 Å². The fraction of sp³-hybridized carbons (Fsp3) is 0.400. The maximum absolute atomic E-state index is 12.8. The molecule has 0 spiro atoms. The van der Waals surface area contributed by atoms with Crippen LogP contribution in [0.15, 0.2) is 47.4 Å². The number of rotatable bonds is 7. The van der Waals surface area contributed by atoms with Crippen LogP contribution in [-0.4, -0.2) is 35.7 Å². The van der Waals surface area contributed by atoms with E-state index in [9.17, 15) is 8.42 Å². The van der Waals surface area contributed by atoms with Crippen LogP contribution in [0.1, 0.15) is 24.0 Å². The van der Waals surface area contributed by atoms with E-state index in [-0.39, 0.29) is 4.90 Å². The fourth-order valence-electron chi connectivity index (χ4n) is 3.35. The monoisotopic (exact) mass is 374 g/mol. The molecular weight excluding hydrogens is 348 g/mol. The highest BCUT2D eigenvalue weighted by Crippen LogP contribution is 2.31. The van der Waals surface area contributed by atoms with Crippen molar-refractivity contribution in [2.45, 2.75) is 30.6 Å². The summed E-state index contributed by atoms with van der Waals surface area (Å²) >= 11 is 0. The Balaban J connectivity index is 1.72. The van der Waals surface area contributed by atoms with Gasteiger partial charge >= 0.3 is 0 Å². The van der Waals surface area contributed by atoms with Crippen molar-refractivity contribution in [2.75, 3.05) is 32.1 Å². The first kappa shape index (κ1) is 18.7. The maximum atomic E-state index is 12.8. The Morgan fingerprint density at radius 1 is 1.08 bits per heavy atom. The first-order chi connectivity index (χ1) is 12.5. The molecule has 0 saturated heterocycles. The van der Waals surface area contributed by atoms with Gasteiger partial charge in [-0.05, 0) is 61.1 Å². The molecule has 26 heavy (non-hydrogen) atoms. The molecule has 0 aromatic heterocycles. The molecular formula is C20H26N2O3S. The predicted molar refractivity (Wildman–Crippen MR) is 105 cm³/mol. The number of hydrogen-bond donors (Lipinski definition) is 1. The van der Waals surface area contributed by atoms with Crippen LogP contribution in [0.3, 0.4) is 0 Å². The predicted octanol–water partition coefficient (Wildman–Crippen LogP) is 2.99. The number of fused-ring (bicyclic) bond motifs is 1. The van der Waals surface area contributed by atoms with E-state index < -0.39 is 10.0 Å². The van der Waals surface area contributed by atoms with Crippen LogP contribution in [0.4, 0.5) is 5.69 Å². The number of anilines is 1. The van der Waals surface area contributed by atoms with Crippen LogP contribution in [-0.2, 0) is 22.9 Å². The molecule has 0 bridgehead atoms. The summed E-state index contributed by atoms with van der Waals surface area (Å²) in [5.74, 6) is 0.426. The average molecular weight is 375 g/mol. The number of nitrogens with zero attached hydrogens (tertiary/aromatic N) is 1. The van der Waals surface area contributed by atoms with Crippen molar-refractivity contribution >= 4 is 15.7 Å². The lowest BCUT2D eigenvalue weighted by atomic mass is 9.92. The summed E-state index contributed by atoms with van der Waals surface area (Å²) in [7, 11) is -0.148. The summed E-state index contributed by atoms with van der Waals surface area (Å²) in [5.41, 5.74) is 3.38. The van der Waals surface area contributed by atoms with Crippen molar-refractivity contribution in [3.05, 3.63) is 53.6 Å². The lowest BCUT2D eigenvalue weighted by Gasteiger charge is -2.21. The van der Waals surface area contributed by atoms with Crippen LogP contribution in [0, 0.1) is 0 Å². The topological polar surface area (TPSA) is 58.6 Å². The molecule has 0 atom stereocenters. The van der Waals surface area contributed by atoms with Gasteiger partial charge in [0.2, 0.25) is 10.0 Å². The van der Waals surface area contributed by atoms with Crippen molar-refractivity contribution in [2.24, 2.45) is 0 Å². The summed E-state index contributed by atoms with van der Waals surface area (Å²) in [6.45, 7) is 0.907. The Bertz CT molecular complexity index is 851. The number of aryl methyl sites for hydroxylation is 2. The van der Waals surface area contributed by atoms with Crippen LogP contribution in [0.25, 0.3) is 0 Å². The molecule has 0 saturated carbocycles. The minimum absolute atomic E-state index is 0.239. The van der Waals surface area contributed by atoms with Gasteiger partial charge in [0.15, 0.2) is 0 Å². The van der Waals surface area contributed by atoms with Gasteiger partial charge in [0, 0.05) is 25.8 Å². The Kier molecular flexibility index (Phi) is 5.84. The summed E-state index contributed by atoms with van der Waals surface area (Å²) in [6, 6.07) is 13.6. The van der Waals surface area contributed by atoms with Gasteiger partial charge in [0.1, 0.15) is 10.6 Å². The van der Waals surface area contributed by atoms with Gasteiger partial charge in [-0.25, -0.2) is 13.1 Å². The SMILES string of the molecule is COc1cc2c(cc1S(=O)(=O)NCCN(C)c1ccccc1)CCCC2. The third-order valence-electron chi connectivity index (χ3n) is 4.85. The number of sulfonamides is 1. The van der Waals surface area contributed by atoms with Crippen LogP contribution in [0.5, 0.6) is 5.75 Å². The van der Waals surface area contributed by atoms with E-state index >= 15 is 0 Å². The highest BCUT2D eigenvalue weighted by Gasteiger charge is 2.23. The maximum Gasteiger partial charge on any atom is 0.244 e. The average Bonchev–Trinajstić information content (AvgIpc) is 2.67. The molecule has 1 aliphatic rings. The zero-order valence-corrected chi connectivity index (χ0v) is 16.2. The number of likely N-dealkylation sites (N-methyl/N-ethyl adjacent to an activating group) is 1. The molecule has 0 amide bonds. The molecule has 2 aromatic carbocycles. The van der Waals surface area contributed by atoms with E-state index in [1.54, 1.807) is 6.07 Å².